The fraction of sp³-hybridized carbons (Fsp3) is 0.739. The van der Waals surface area contributed by atoms with E-state index in [4.69, 9.17) is 24.7 Å². The molecule has 0 spiro atoms. The molecule has 1 aliphatic rings. The van der Waals surface area contributed by atoms with Crippen LogP contribution in [0.5, 0.6) is 5.75 Å². The van der Waals surface area contributed by atoms with Gasteiger partial charge in [0, 0.05) is 27.6 Å². The van der Waals surface area contributed by atoms with Crippen molar-refractivity contribution in [3.63, 3.8) is 0 Å². The molecule has 10 heteroatoms. The summed E-state index contributed by atoms with van der Waals surface area (Å²) in [7, 11) is -4.66. The van der Waals surface area contributed by atoms with Gasteiger partial charge in [-0.15, -0.1) is 0 Å². The number of sulfonamides is 1. The van der Waals surface area contributed by atoms with Gasteiger partial charge in [-0.1, -0.05) is 32.6 Å². The van der Waals surface area contributed by atoms with E-state index in [9.17, 15) is 8.42 Å². The Hall–Kier alpha value is -1.17. The van der Waals surface area contributed by atoms with Gasteiger partial charge >= 0.3 is 0 Å². The van der Waals surface area contributed by atoms with E-state index in [0.29, 0.717) is 31.0 Å². The molecule has 1 saturated heterocycles. The van der Waals surface area contributed by atoms with Crippen molar-refractivity contribution in [2.45, 2.75) is 83.2 Å². The monoisotopic (exact) mass is 502 g/mol. The van der Waals surface area contributed by atoms with Crippen LogP contribution in [0.25, 0.3) is 0 Å². The number of rotatable bonds is 14. The highest BCUT2D eigenvalue weighted by atomic mass is 32.2. The predicted molar refractivity (Wildman–Crippen MR) is 135 cm³/mol. The van der Waals surface area contributed by atoms with E-state index in [1.54, 1.807) is 12.1 Å². The lowest BCUT2D eigenvalue weighted by Crippen LogP contribution is -2.36. The molecule has 1 fully saturated rings. The van der Waals surface area contributed by atoms with Gasteiger partial charge in [0.05, 0.1) is 24.2 Å². The molecule has 0 radical (unpaired) electrons. The van der Waals surface area contributed by atoms with Crippen LogP contribution in [0.2, 0.25) is 25.7 Å². The van der Waals surface area contributed by atoms with Gasteiger partial charge in [-0.2, -0.15) is 0 Å². The molecule has 1 heterocycles. The summed E-state index contributed by atoms with van der Waals surface area (Å²) < 4.78 is 49.8. The molecule has 0 bridgehead atoms. The Labute approximate surface area is 200 Å². The summed E-state index contributed by atoms with van der Waals surface area (Å²) in [4.78, 5) is 0. The largest absolute Gasteiger partial charge is 0.465 e. The fourth-order valence-corrected chi connectivity index (χ4v) is 4.90. The van der Waals surface area contributed by atoms with Gasteiger partial charge in [0.15, 0.2) is 13.1 Å². The molecule has 0 saturated carbocycles. The highest BCUT2D eigenvalue weighted by molar-refractivity contribution is 7.92. The first kappa shape index (κ1) is 28.1. The third-order valence-corrected chi connectivity index (χ3v) is 7.76. The third kappa shape index (κ3) is 11.2. The van der Waals surface area contributed by atoms with Crippen LogP contribution >= 0.6 is 0 Å². The maximum atomic E-state index is 11.9. The van der Waals surface area contributed by atoms with Gasteiger partial charge in [-0.25, -0.2) is 8.42 Å². The maximum absolute atomic E-state index is 11.9. The Kier molecular flexibility index (Phi) is 11.1. The van der Waals surface area contributed by atoms with Crippen molar-refractivity contribution in [1.29, 1.82) is 0 Å². The summed E-state index contributed by atoms with van der Waals surface area (Å²) in [6, 6.07) is 6.45. The van der Waals surface area contributed by atoms with Crippen LogP contribution in [0.1, 0.15) is 38.2 Å². The molecule has 1 aliphatic heterocycles. The second-order valence-electron chi connectivity index (χ2n) is 9.91. The molecule has 8 nitrogen and oxygen atoms in total. The van der Waals surface area contributed by atoms with Gasteiger partial charge in [-0.05, 0) is 49.4 Å². The van der Waals surface area contributed by atoms with Crippen molar-refractivity contribution < 1.29 is 27.4 Å². The molecule has 0 aromatic heterocycles. The van der Waals surface area contributed by atoms with Crippen LogP contribution < -0.4 is 15.2 Å². The highest BCUT2D eigenvalue weighted by Gasteiger charge is 2.24. The van der Waals surface area contributed by atoms with E-state index in [0.717, 1.165) is 43.5 Å². The molecule has 0 aliphatic carbocycles. The summed E-state index contributed by atoms with van der Waals surface area (Å²) in [5.41, 5.74) is 7.24. The van der Waals surface area contributed by atoms with E-state index < -0.39 is 18.1 Å². The van der Waals surface area contributed by atoms with Crippen LogP contribution in [-0.4, -0.2) is 61.2 Å². The number of nitrogens with two attached hydrogens (primary N) is 1. The van der Waals surface area contributed by atoms with Crippen LogP contribution in [0.3, 0.4) is 0 Å². The van der Waals surface area contributed by atoms with Crippen molar-refractivity contribution in [3.05, 3.63) is 23.8 Å². The smallest absolute Gasteiger partial charge is 0.229 e. The van der Waals surface area contributed by atoms with E-state index >= 15 is 0 Å². The average molecular weight is 503 g/mol. The van der Waals surface area contributed by atoms with Crippen molar-refractivity contribution in [1.82, 2.24) is 0 Å². The quantitative estimate of drug-likeness (QED) is 0.225. The van der Waals surface area contributed by atoms with E-state index in [1.165, 1.54) is 0 Å². The molecule has 3 N–H and O–H groups in total. The predicted octanol–water partition coefficient (Wildman–Crippen LogP) is 3.94. The zero-order chi connectivity index (χ0) is 24.5. The third-order valence-electron chi connectivity index (χ3n) is 5.47. The molecule has 3 atom stereocenters. The summed E-state index contributed by atoms with van der Waals surface area (Å²) in [5, 5.41) is 0. The molecular weight excluding hydrogens is 460 g/mol. The number of nitrogens with one attached hydrogen (secondary N) is 1. The second-order valence-corrected chi connectivity index (χ2v) is 17.3. The summed E-state index contributed by atoms with van der Waals surface area (Å²) in [6.07, 6.45) is 5.38. The van der Waals surface area contributed by atoms with E-state index in [1.807, 2.05) is 6.07 Å². The van der Waals surface area contributed by atoms with Crippen molar-refractivity contribution in [3.8, 4) is 5.75 Å². The lowest BCUT2D eigenvalue weighted by atomic mass is 10.1. The summed E-state index contributed by atoms with van der Waals surface area (Å²) in [5.74, 6) is 0.420. The number of ether oxygens (including phenoxy) is 4. The average Bonchev–Trinajstić information content (AvgIpc) is 2.72. The van der Waals surface area contributed by atoms with Crippen molar-refractivity contribution >= 4 is 23.8 Å². The SMILES string of the molecule is CCC1CCCC(OC(CN)Cc2ccc(OCOCC[Si](C)(C)C)c(NS(C)(=O)=O)c2)O1. The van der Waals surface area contributed by atoms with Gasteiger partial charge < -0.3 is 24.7 Å². The lowest BCUT2D eigenvalue weighted by Gasteiger charge is -2.32. The standard InChI is InChI=1S/C23H42N2O6SSi/c1-6-19-8-7-9-23(30-19)31-20(16-24)14-18-10-11-22(21(15-18)25-32(2,26)27)29-17-28-12-13-33(3,4)5/h10-11,15,19-20,23,25H,6-9,12-14,16-17,24H2,1-5H3. The van der Waals surface area contributed by atoms with Gasteiger partial charge in [-0.3, -0.25) is 4.72 Å². The first-order valence-electron chi connectivity index (χ1n) is 11.8. The number of benzene rings is 1. The van der Waals surface area contributed by atoms with E-state index in [2.05, 4.69) is 31.3 Å². The first-order valence-corrected chi connectivity index (χ1v) is 17.4. The first-order chi connectivity index (χ1) is 15.5. The van der Waals surface area contributed by atoms with Crippen LogP contribution in [0, 0.1) is 0 Å². The van der Waals surface area contributed by atoms with Gasteiger partial charge in [0.1, 0.15) is 5.75 Å². The Morgan fingerprint density at radius 3 is 2.67 bits per heavy atom. The Morgan fingerprint density at radius 2 is 2.03 bits per heavy atom. The maximum Gasteiger partial charge on any atom is 0.229 e. The number of anilines is 1. The Morgan fingerprint density at radius 1 is 1.27 bits per heavy atom. The molecule has 1 aromatic rings. The fourth-order valence-electron chi connectivity index (χ4n) is 3.58. The highest BCUT2D eigenvalue weighted by Crippen LogP contribution is 2.28. The number of hydrogen-bond acceptors (Lipinski definition) is 7. The van der Waals surface area contributed by atoms with Gasteiger partial charge in [0.2, 0.25) is 10.0 Å². The number of hydrogen-bond donors (Lipinski definition) is 2. The molecule has 0 amide bonds. The normalized spacial score (nSPS) is 20.4. The molecule has 2 rings (SSSR count). The lowest BCUT2D eigenvalue weighted by molar-refractivity contribution is -0.213. The van der Waals surface area contributed by atoms with Crippen molar-refractivity contribution in [2.24, 2.45) is 5.73 Å². The molecule has 1 aromatic carbocycles. The van der Waals surface area contributed by atoms with Crippen LogP contribution in [0.15, 0.2) is 18.2 Å². The summed E-state index contributed by atoms with van der Waals surface area (Å²) in [6.45, 7) is 9.99. The second kappa shape index (κ2) is 13.1. The minimum absolute atomic E-state index is 0.0639. The molecule has 33 heavy (non-hydrogen) atoms. The van der Waals surface area contributed by atoms with Gasteiger partial charge in [0.25, 0.3) is 0 Å². The van der Waals surface area contributed by atoms with E-state index in [-0.39, 0.29) is 25.3 Å². The Bertz CT molecular complexity index is 831. The minimum atomic E-state index is -3.48. The Balaban J connectivity index is 2.02. The topological polar surface area (TPSA) is 109 Å². The zero-order valence-corrected chi connectivity index (χ0v) is 22.6. The molecule has 3 unspecified atom stereocenters. The zero-order valence-electron chi connectivity index (χ0n) is 20.8. The summed E-state index contributed by atoms with van der Waals surface area (Å²) >= 11 is 0. The van der Waals surface area contributed by atoms with Crippen LogP contribution in [0.4, 0.5) is 5.69 Å². The van der Waals surface area contributed by atoms with Crippen LogP contribution in [-0.2, 0) is 30.7 Å². The molecule has 190 valence electrons. The van der Waals surface area contributed by atoms with Crippen molar-refractivity contribution in [2.75, 3.05) is 30.9 Å². The molecular formula is C23H42N2O6SSi. The minimum Gasteiger partial charge on any atom is -0.465 e.